The summed E-state index contributed by atoms with van der Waals surface area (Å²) in [6.45, 7) is 1.27. The monoisotopic (exact) mass is 492 g/mol. The molecule has 3 aromatic carbocycles. The Bertz CT molecular complexity index is 1260. The average molecular weight is 493 g/mol. The second-order valence-electron chi connectivity index (χ2n) is 8.62. The predicted molar refractivity (Wildman–Crippen MR) is 131 cm³/mol. The summed E-state index contributed by atoms with van der Waals surface area (Å²) in [6.07, 6.45) is 0. The number of rotatable bonds is 6. The lowest BCUT2D eigenvalue weighted by molar-refractivity contribution is -0.125. The zero-order chi connectivity index (χ0) is 24.4. The van der Waals surface area contributed by atoms with Gasteiger partial charge in [0.1, 0.15) is 5.75 Å². The number of hydrogen-bond donors (Lipinski definition) is 1. The number of amides is 2. The zero-order valence-electron chi connectivity index (χ0n) is 19.2. The predicted octanol–water partition coefficient (Wildman–Crippen LogP) is 4.25. The lowest BCUT2D eigenvalue weighted by Gasteiger charge is -2.19. The molecule has 2 amide bonds. The van der Waals surface area contributed by atoms with Gasteiger partial charge in [0.05, 0.1) is 13.0 Å². The number of likely N-dealkylation sites (tertiary alicyclic amines) is 1. The van der Waals surface area contributed by atoms with E-state index in [-0.39, 0.29) is 24.5 Å². The first-order valence-electron chi connectivity index (χ1n) is 11.4. The molecular weight excluding hydrogens is 468 g/mol. The molecule has 1 saturated heterocycles. The van der Waals surface area contributed by atoms with Gasteiger partial charge >= 0.3 is 0 Å². The van der Waals surface area contributed by atoms with Gasteiger partial charge < -0.3 is 24.4 Å². The molecule has 2 heterocycles. The maximum Gasteiger partial charge on any atom is 0.253 e. The standard InChI is InChI=1S/C27H25ClN2O5/c1-33-21-7-3-4-18(12-21)22-14-30(27(32)19-5-2-6-20(28)11-19)15-23(22)26(31)29-13-17-8-9-24-25(10-17)35-16-34-24/h2-12,22-23H,13-16H2,1H3,(H,29,31)/t22-,23-/m1/s1. The van der Waals surface area contributed by atoms with E-state index >= 15 is 0 Å². The third kappa shape index (κ3) is 4.91. The van der Waals surface area contributed by atoms with Gasteiger partial charge in [-0.15, -0.1) is 0 Å². The van der Waals surface area contributed by atoms with Gasteiger partial charge in [-0.1, -0.05) is 35.9 Å². The van der Waals surface area contributed by atoms with Crippen molar-refractivity contribution in [2.24, 2.45) is 5.92 Å². The first-order chi connectivity index (χ1) is 17.0. The van der Waals surface area contributed by atoms with E-state index in [1.54, 1.807) is 36.3 Å². The second kappa shape index (κ2) is 9.88. The minimum Gasteiger partial charge on any atom is -0.497 e. The fourth-order valence-corrected chi connectivity index (χ4v) is 4.81. The minimum atomic E-state index is -0.417. The molecule has 5 rings (SSSR count). The van der Waals surface area contributed by atoms with E-state index in [1.807, 2.05) is 42.5 Å². The van der Waals surface area contributed by atoms with Crippen molar-refractivity contribution >= 4 is 23.4 Å². The highest BCUT2D eigenvalue weighted by molar-refractivity contribution is 6.30. The Labute approximate surface area is 208 Å². The first kappa shape index (κ1) is 23.1. The number of nitrogens with zero attached hydrogens (tertiary/aromatic N) is 1. The van der Waals surface area contributed by atoms with Gasteiger partial charge in [-0.25, -0.2) is 0 Å². The van der Waals surface area contributed by atoms with E-state index in [1.165, 1.54) is 0 Å². The average Bonchev–Trinajstić information content (AvgIpc) is 3.54. The van der Waals surface area contributed by atoms with Gasteiger partial charge in [0.2, 0.25) is 12.7 Å². The van der Waals surface area contributed by atoms with Crippen LogP contribution in [0.1, 0.15) is 27.4 Å². The van der Waals surface area contributed by atoms with Crippen molar-refractivity contribution in [2.45, 2.75) is 12.5 Å². The highest BCUT2D eigenvalue weighted by Crippen LogP contribution is 2.36. The van der Waals surface area contributed by atoms with Crippen LogP contribution in [0.3, 0.4) is 0 Å². The van der Waals surface area contributed by atoms with E-state index in [4.69, 9.17) is 25.8 Å². The van der Waals surface area contributed by atoms with E-state index in [0.29, 0.717) is 47.5 Å². The summed E-state index contributed by atoms with van der Waals surface area (Å²) in [5.74, 6) is 1.23. The fraction of sp³-hybridized carbons (Fsp3) is 0.259. The van der Waals surface area contributed by atoms with Gasteiger partial charge in [0.25, 0.3) is 5.91 Å². The number of fused-ring (bicyclic) bond motifs is 1. The largest absolute Gasteiger partial charge is 0.497 e. The summed E-state index contributed by atoms with van der Waals surface area (Å²) in [5.41, 5.74) is 2.36. The maximum atomic E-state index is 13.4. The summed E-state index contributed by atoms with van der Waals surface area (Å²) in [7, 11) is 1.61. The van der Waals surface area contributed by atoms with Crippen LogP contribution in [-0.4, -0.2) is 43.7 Å². The molecule has 2 aliphatic rings. The van der Waals surface area contributed by atoms with E-state index in [0.717, 1.165) is 11.1 Å². The van der Waals surface area contributed by atoms with Gasteiger partial charge in [-0.2, -0.15) is 0 Å². The van der Waals surface area contributed by atoms with Crippen LogP contribution >= 0.6 is 11.6 Å². The van der Waals surface area contributed by atoms with E-state index in [2.05, 4.69) is 5.32 Å². The van der Waals surface area contributed by atoms with E-state index < -0.39 is 5.92 Å². The van der Waals surface area contributed by atoms with Gasteiger partial charge in [0.15, 0.2) is 11.5 Å². The Kier molecular flexibility index (Phi) is 6.51. The van der Waals surface area contributed by atoms with Crippen LogP contribution in [0.4, 0.5) is 0 Å². The third-order valence-electron chi connectivity index (χ3n) is 6.44. The van der Waals surface area contributed by atoms with Crippen LogP contribution in [0.15, 0.2) is 66.7 Å². The molecule has 3 aromatic rings. The van der Waals surface area contributed by atoms with Crippen LogP contribution in [0.2, 0.25) is 5.02 Å². The van der Waals surface area contributed by atoms with Crippen LogP contribution in [0.25, 0.3) is 0 Å². The Balaban J connectivity index is 1.36. The Morgan fingerprint density at radius 1 is 1.03 bits per heavy atom. The highest BCUT2D eigenvalue weighted by atomic mass is 35.5. The number of carbonyl (C=O) groups is 2. The normalized spacial score (nSPS) is 18.4. The topological polar surface area (TPSA) is 77.1 Å². The van der Waals surface area contributed by atoms with Crippen molar-refractivity contribution in [2.75, 3.05) is 27.0 Å². The molecule has 1 fully saturated rings. The Hall–Kier alpha value is -3.71. The van der Waals surface area contributed by atoms with Crippen molar-refractivity contribution in [3.63, 3.8) is 0 Å². The molecule has 0 aromatic heterocycles. The fourth-order valence-electron chi connectivity index (χ4n) is 4.62. The summed E-state index contributed by atoms with van der Waals surface area (Å²) in [6, 6.07) is 20.1. The maximum absolute atomic E-state index is 13.4. The van der Waals surface area contributed by atoms with Crippen molar-refractivity contribution in [3.05, 3.63) is 88.4 Å². The molecule has 180 valence electrons. The van der Waals surface area contributed by atoms with Gasteiger partial charge in [-0.05, 0) is 53.6 Å². The van der Waals surface area contributed by atoms with Crippen LogP contribution in [0, 0.1) is 5.92 Å². The molecule has 8 heteroatoms. The van der Waals surface area contributed by atoms with Crippen molar-refractivity contribution in [1.82, 2.24) is 10.2 Å². The molecule has 0 aliphatic carbocycles. The Morgan fingerprint density at radius 3 is 2.69 bits per heavy atom. The van der Waals surface area contributed by atoms with Crippen molar-refractivity contribution in [3.8, 4) is 17.2 Å². The van der Waals surface area contributed by atoms with Crippen LogP contribution in [0.5, 0.6) is 17.2 Å². The third-order valence-corrected chi connectivity index (χ3v) is 6.68. The molecule has 7 nitrogen and oxygen atoms in total. The van der Waals surface area contributed by atoms with Crippen molar-refractivity contribution in [1.29, 1.82) is 0 Å². The molecule has 0 radical (unpaired) electrons. The Morgan fingerprint density at radius 2 is 1.86 bits per heavy atom. The van der Waals surface area contributed by atoms with E-state index in [9.17, 15) is 9.59 Å². The molecule has 0 saturated carbocycles. The molecule has 35 heavy (non-hydrogen) atoms. The van der Waals surface area contributed by atoms with Crippen LogP contribution < -0.4 is 19.5 Å². The number of halogens is 1. The number of carbonyl (C=O) groups excluding carboxylic acids is 2. The van der Waals surface area contributed by atoms with Crippen molar-refractivity contribution < 1.29 is 23.8 Å². The smallest absolute Gasteiger partial charge is 0.253 e. The summed E-state index contributed by atoms with van der Waals surface area (Å²) in [4.78, 5) is 28.4. The molecule has 0 bridgehead atoms. The molecule has 2 atom stereocenters. The summed E-state index contributed by atoms with van der Waals surface area (Å²) >= 11 is 6.10. The number of ether oxygens (including phenoxy) is 3. The lowest BCUT2D eigenvalue weighted by atomic mass is 9.88. The number of nitrogens with one attached hydrogen (secondary N) is 1. The molecule has 1 N–H and O–H groups in total. The first-order valence-corrected chi connectivity index (χ1v) is 11.7. The molecule has 0 spiro atoms. The molecule has 2 aliphatic heterocycles. The quantitative estimate of drug-likeness (QED) is 0.556. The summed E-state index contributed by atoms with van der Waals surface area (Å²) in [5, 5.41) is 3.54. The molecular formula is C27H25ClN2O5. The minimum absolute atomic E-state index is 0.114. The second-order valence-corrected chi connectivity index (χ2v) is 9.05. The zero-order valence-corrected chi connectivity index (χ0v) is 20.0. The lowest BCUT2D eigenvalue weighted by Crippen LogP contribution is -2.35. The summed E-state index contributed by atoms with van der Waals surface area (Å²) < 4.78 is 16.2. The van der Waals surface area contributed by atoms with Gasteiger partial charge in [0, 0.05) is 36.1 Å². The van der Waals surface area contributed by atoms with Gasteiger partial charge in [-0.3, -0.25) is 9.59 Å². The van der Waals surface area contributed by atoms with Crippen LogP contribution in [-0.2, 0) is 11.3 Å². The number of methoxy groups -OCH3 is 1. The SMILES string of the molecule is COc1cccc([C@H]2CN(C(=O)c3cccc(Cl)c3)C[C@H]2C(=O)NCc2ccc3c(c2)OCO3)c1. The number of hydrogen-bond acceptors (Lipinski definition) is 5. The number of benzene rings is 3. The highest BCUT2D eigenvalue weighted by Gasteiger charge is 2.40. The molecule has 0 unspecified atom stereocenters.